The minimum atomic E-state index is -3.45. The largest absolute Gasteiger partial charge is 0.326 e. The van der Waals surface area contributed by atoms with Crippen LogP contribution in [0, 0.1) is 18.8 Å². The second-order valence-electron chi connectivity index (χ2n) is 6.39. The predicted octanol–water partition coefficient (Wildman–Crippen LogP) is 2.56. The maximum atomic E-state index is 12.6. The number of hydrogen-bond acceptors (Lipinski definition) is 3. The maximum Gasteiger partial charge on any atom is 0.241 e. The van der Waals surface area contributed by atoms with Crippen LogP contribution in [0.2, 0.25) is 0 Å². The van der Waals surface area contributed by atoms with Crippen molar-refractivity contribution in [3.8, 4) is 0 Å². The molecule has 1 saturated carbocycles. The molecule has 0 saturated heterocycles. The Balaban J connectivity index is 2.15. The Kier molecular flexibility index (Phi) is 5.07. The van der Waals surface area contributed by atoms with Crippen molar-refractivity contribution in [1.82, 2.24) is 4.72 Å². The van der Waals surface area contributed by atoms with Crippen molar-refractivity contribution in [3.05, 3.63) is 29.3 Å². The maximum absolute atomic E-state index is 12.6. The second-order valence-corrected chi connectivity index (χ2v) is 8.07. The fourth-order valence-electron chi connectivity index (χ4n) is 3.08. The van der Waals surface area contributed by atoms with E-state index in [1.165, 1.54) is 0 Å². The van der Waals surface area contributed by atoms with E-state index in [1.807, 2.05) is 13.0 Å². The summed E-state index contributed by atoms with van der Waals surface area (Å²) in [5, 5.41) is 0. The van der Waals surface area contributed by atoms with Gasteiger partial charge in [0.1, 0.15) is 0 Å². The zero-order chi connectivity index (χ0) is 15.6. The van der Waals surface area contributed by atoms with Crippen molar-refractivity contribution in [1.29, 1.82) is 0 Å². The van der Waals surface area contributed by atoms with Crippen LogP contribution in [0.4, 0.5) is 0 Å². The van der Waals surface area contributed by atoms with E-state index in [0.717, 1.165) is 30.4 Å². The topological polar surface area (TPSA) is 72.2 Å². The summed E-state index contributed by atoms with van der Waals surface area (Å²) < 4.78 is 28.0. The predicted molar refractivity (Wildman–Crippen MR) is 85.4 cm³/mol. The second kappa shape index (κ2) is 6.46. The van der Waals surface area contributed by atoms with Gasteiger partial charge in [0, 0.05) is 12.6 Å². The average molecular weight is 310 g/mol. The number of aryl methyl sites for hydroxylation is 1. The first-order chi connectivity index (χ1) is 9.83. The van der Waals surface area contributed by atoms with E-state index in [4.69, 9.17) is 5.73 Å². The van der Waals surface area contributed by atoms with Gasteiger partial charge in [0.2, 0.25) is 10.0 Å². The van der Waals surface area contributed by atoms with Crippen LogP contribution in [-0.2, 0) is 16.6 Å². The standard InChI is InChI=1S/C16H26N2O2S/c1-11-4-6-15(9-12(11)2)18-21(19,20)16-7-5-14(10-17)8-13(16)3/h5,7-8,11-12,15,18H,4,6,9-10,17H2,1-3H3. The molecule has 1 fully saturated rings. The van der Waals surface area contributed by atoms with Gasteiger partial charge in [0.25, 0.3) is 0 Å². The van der Waals surface area contributed by atoms with E-state index in [9.17, 15) is 8.42 Å². The van der Waals surface area contributed by atoms with Gasteiger partial charge in [-0.25, -0.2) is 13.1 Å². The van der Waals surface area contributed by atoms with Gasteiger partial charge in [0.05, 0.1) is 4.90 Å². The third kappa shape index (κ3) is 3.84. The van der Waals surface area contributed by atoms with E-state index < -0.39 is 10.0 Å². The van der Waals surface area contributed by atoms with Gasteiger partial charge in [-0.15, -0.1) is 0 Å². The lowest BCUT2D eigenvalue weighted by atomic mass is 9.79. The lowest BCUT2D eigenvalue weighted by molar-refractivity contribution is 0.242. The molecule has 0 bridgehead atoms. The lowest BCUT2D eigenvalue weighted by Gasteiger charge is -2.32. The van der Waals surface area contributed by atoms with Crippen molar-refractivity contribution >= 4 is 10.0 Å². The van der Waals surface area contributed by atoms with Gasteiger partial charge in [-0.1, -0.05) is 26.0 Å². The van der Waals surface area contributed by atoms with Crippen molar-refractivity contribution in [2.45, 2.75) is 57.5 Å². The number of rotatable bonds is 4. The van der Waals surface area contributed by atoms with E-state index >= 15 is 0 Å². The molecule has 0 amide bonds. The number of benzene rings is 1. The summed E-state index contributed by atoms with van der Waals surface area (Å²) in [6.45, 7) is 6.68. The molecule has 4 nitrogen and oxygen atoms in total. The molecule has 1 aliphatic rings. The molecular weight excluding hydrogens is 284 g/mol. The fraction of sp³-hybridized carbons (Fsp3) is 0.625. The average Bonchev–Trinajstić information content (AvgIpc) is 2.42. The fourth-order valence-corrected chi connectivity index (χ4v) is 4.59. The highest BCUT2D eigenvalue weighted by Gasteiger charge is 2.28. The molecule has 1 aromatic carbocycles. The summed E-state index contributed by atoms with van der Waals surface area (Å²) in [7, 11) is -3.45. The summed E-state index contributed by atoms with van der Waals surface area (Å²) in [6, 6.07) is 5.34. The first-order valence-corrected chi connectivity index (χ1v) is 9.13. The summed E-state index contributed by atoms with van der Waals surface area (Å²) >= 11 is 0. The number of nitrogens with one attached hydrogen (secondary N) is 1. The van der Waals surface area contributed by atoms with E-state index in [2.05, 4.69) is 18.6 Å². The Hall–Kier alpha value is -0.910. The summed E-state index contributed by atoms with van der Waals surface area (Å²) in [6.07, 6.45) is 2.92. The van der Waals surface area contributed by atoms with Gasteiger partial charge < -0.3 is 5.73 Å². The Morgan fingerprint density at radius 3 is 2.52 bits per heavy atom. The smallest absolute Gasteiger partial charge is 0.241 e. The number of hydrogen-bond donors (Lipinski definition) is 2. The van der Waals surface area contributed by atoms with E-state index in [-0.39, 0.29) is 6.04 Å². The monoisotopic (exact) mass is 310 g/mol. The Morgan fingerprint density at radius 2 is 1.95 bits per heavy atom. The molecule has 0 aromatic heterocycles. The van der Waals surface area contributed by atoms with Crippen LogP contribution in [0.3, 0.4) is 0 Å². The minimum absolute atomic E-state index is 0.0507. The van der Waals surface area contributed by atoms with Gasteiger partial charge in [-0.2, -0.15) is 0 Å². The van der Waals surface area contributed by atoms with Crippen molar-refractivity contribution in [2.24, 2.45) is 17.6 Å². The Morgan fingerprint density at radius 1 is 1.24 bits per heavy atom. The summed E-state index contributed by atoms with van der Waals surface area (Å²) in [4.78, 5) is 0.367. The zero-order valence-electron chi connectivity index (χ0n) is 13.1. The van der Waals surface area contributed by atoms with Gasteiger partial charge >= 0.3 is 0 Å². The van der Waals surface area contributed by atoms with Crippen LogP contribution in [0.25, 0.3) is 0 Å². The molecule has 0 aliphatic heterocycles. The molecule has 0 spiro atoms. The highest BCUT2D eigenvalue weighted by molar-refractivity contribution is 7.89. The van der Waals surface area contributed by atoms with Gasteiger partial charge in [-0.05, 0) is 55.2 Å². The van der Waals surface area contributed by atoms with Crippen LogP contribution in [-0.4, -0.2) is 14.5 Å². The van der Waals surface area contributed by atoms with Gasteiger partial charge in [-0.3, -0.25) is 0 Å². The number of nitrogens with two attached hydrogens (primary N) is 1. The van der Waals surface area contributed by atoms with E-state index in [0.29, 0.717) is 23.3 Å². The van der Waals surface area contributed by atoms with Crippen LogP contribution in [0.1, 0.15) is 44.2 Å². The first-order valence-electron chi connectivity index (χ1n) is 7.65. The van der Waals surface area contributed by atoms with Gasteiger partial charge in [0.15, 0.2) is 0 Å². The highest BCUT2D eigenvalue weighted by Crippen LogP contribution is 2.30. The van der Waals surface area contributed by atoms with Crippen LogP contribution in [0.15, 0.2) is 23.1 Å². The molecule has 5 heteroatoms. The molecule has 118 valence electrons. The molecule has 0 heterocycles. The van der Waals surface area contributed by atoms with Crippen LogP contribution in [0.5, 0.6) is 0 Å². The molecule has 1 aliphatic carbocycles. The molecule has 3 atom stereocenters. The van der Waals surface area contributed by atoms with Crippen molar-refractivity contribution < 1.29 is 8.42 Å². The van der Waals surface area contributed by atoms with E-state index in [1.54, 1.807) is 12.1 Å². The molecule has 0 radical (unpaired) electrons. The summed E-state index contributed by atoms with van der Waals surface area (Å²) in [5.74, 6) is 1.24. The molecule has 3 unspecified atom stereocenters. The van der Waals surface area contributed by atoms with Crippen LogP contribution < -0.4 is 10.5 Å². The third-order valence-electron chi connectivity index (χ3n) is 4.68. The molecular formula is C16H26N2O2S. The number of sulfonamides is 1. The quantitative estimate of drug-likeness (QED) is 0.897. The zero-order valence-corrected chi connectivity index (χ0v) is 13.9. The lowest BCUT2D eigenvalue weighted by Crippen LogP contribution is -2.40. The molecule has 2 rings (SSSR count). The third-order valence-corrected chi connectivity index (χ3v) is 6.37. The SMILES string of the molecule is Cc1cc(CN)ccc1S(=O)(=O)NC1CCC(C)C(C)C1. The highest BCUT2D eigenvalue weighted by atomic mass is 32.2. The normalized spacial score (nSPS) is 26.8. The van der Waals surface area contributed by atoms with Crippen LogP contribution >= 0.6 is 0 Å². The molecule has 21 heavy (non-hydrogen) atoms. The molecule has 3 N–H and O–H groups in total. The van der Waals surface area contributed by atoms with Crippen molar-refractivity contribution in [2.75, 3.05) is 0 Å². The Labute approximate surface area is 128 Å². The first kappa shape index (κ1) is 16.5. The summed E-state index contributed by atoms with van der Waals surface area (Å²) in [5.41, 5.74) is 7.29. The van der Waals surface area contributed by atoms with Crippen molar-refractivity contribution in [3.63, 3.8) is 0 Å². The Bertz CT molecular complexity index is 598. The molecule has 1 aromatic rings. The minimum Gasteiger partial charge on any atom is -0.326 e.